The first-order chi connectivity index (χ1) is 21.6. The molecule has 252 valence electrons. The van der Waals surface area contributed by atoms with Crippen LogP contribution in [0.3, 0.4) is 0 Å². The number of hydrogen-bond acceptors (Lipinski definition) is 13. The molecule has 4 saturated carbocycles. The second kappa shape index (κ2) is 15.1. The van der Waals surface area contributed by atoms with Gasteiger partial charge in [-0.25, -0.2) is 4.68 Å². The molecule has 45 heavy (non-hydrogen) atoms. The highest BCUT2D eigenvalue weighted by Crippen LogP contribution is 2.58. The molecule has 1 amide bonds. The largest absolute Gasteiger partial charge is 0.394 e. The molecule has 4 bridgehead atoms. The summed E-state index contributed by atoms with van der Waals surface area (Å²) in [6, 6.07) is 1.97. The van der Waals surface area contributed by atoms with Crippen molar-refractivity contribution < 1.29 is 39.8 Å². The van der Waals surface area contributed by atoms with E-state index in [4.69, 9.17) is 14.6 Å². The summed E-state index contributed by atoms with van der Waals surface area (Å²) < 4.78 is 14.0. The van der Waals surface area contributed by atoms with E-state index in [2.05, 4.69) is 27.0 Å². The number of likely N-dealkylation sites (tertiary alicyclic amines) is 1. The number of aliphatic hydroxyl groups excluding tert-OH is 5. The van der Waals surface area contributed by atoms with Gasteiger partial charge < -0.3 is 50.5 Å². The highest BCUT2D eigenvalue weighted by atomic mass is 16.5. The normalized spacial score (nSPS) is 31.6. The maximum Gasteiger partial charge on any atom is 0.237 e. The van der Waals surface area contributed by atoms with E-state index in [-0.39, 0.29) is 42.7 Å². The van der Waals surface area contributed by atoms with Gasteiger partial charge in [0.1, 0.15) is 24.4 Å². The van der Waals surface area contributed by atoms with Gasteiger partial charge in [-0.2, -0.15) is 5.26 Å². The van der Waals surface area contributed by atoms with E-state index in [0.29, 0.717) is 50.4 Å². The van der Waals surface area contributed by atoms with Crippen molar-refractivity contribution in [3.63, 3.8) is 0 Å². The van der Waals surface area contributed by atoms with Crippen LogP contribution in [0, 0.1) is 23.2 Å². The number of nitrogens with one attached hydrogen (secondary N) is 2. The summed E-state index contributed by atoms with van der Waals surface area (Å²) in [5.41, 5.74) is 0.358. The minimum atomic E-state index is -1.67. The van der Waals surface area contributed by atoms with E-state index in [1.807, 2.05) is 0 Å². The van der Waals surface area contributed by atoms with Crippen molar-refractivity contribution in [2.75, 3.05) is 46.1 Å². The van der Waals surface area contributed by atoms with Crippen LogP contribution in [0.4, 0.5) is 0 Å². The predicted octanol–water partition coefficient (Wildman–Crippen LogP) is -1.97. The topological polar surface area (TPSA) is 218 Å². The lowest BCUT2D eigenvalue weighted by Gasteiger charge is -2.62. The molecule has 2 heterocycles. The van der Waals surface area contributed by atoms with Gasteiger partial charge in [0.2, 0.25) is 5.91 Å². The third-order valence-corrected chi connectivity index (χ3v) is 10.0. The minimum Gasteiger partial charge on any atom is -0.394 e. The lowest BCUT2D eigenvalue weighted by Crippen LogP contribution is -2.66. The number of carbonyl (C=O) groups is 1. The lowest BCUT2D eigenvalue weighted by atomic mass is 9.51. The van der Waals surface area contributed by atoms with Gasteiger partial charge in [-0.1, -0.05) is 5.21 Å². The van der Waals surface area contributed by atoms with Crippen molar-refractivity contribution in [2.24, 2.45) is 11.8 Å². The quantitative estimate of drug-likeness (QED) is 0.0872. The number of carbonyl (C=O) groups excluding carboxylic acids is 1. The Morgan fingerprint density at radius 1 is 1.11 bits per heavy atom. The highest BCUT2D eigenvalue weighted by molar-refractivity contribution is 5.79. The number of ether oxygens (including phenoxy) is 2. The number of amides is 1. The van der Waals surface area contributed by atoms with E-state index < -0.39 is 31.0 Å². The molecule has 4 aliphatic carbocycles. The molecule has 15 heteroatoms. The summed E-state index contributed by atoms with van der Waals surface area (Å²) in [5.74, 6) is 1.23. The Labute approximate surface area is 263 Å². The monoisotopic (exact) mass is 635 g/mol. The zero-order chi connectivity index (χ0) is 32.0. The van der Waals surface area contributed by atoms with Crippen molar-refractivity contribution in [3.8, 4) is 6.07 Å². The second-order valence-corrected chi connectivity index (χ2v) is 13.5. The summed E-state index contributed by atoms with van der Waals surface area (Å²) in [6.07, 6.45) is 3.63. The summed E-state index contributed by atoms with van der Waals surface area (Å²) in [7, 11) is 0. The van der Waals surface area contributed by atoms with Crippen LogP contribution in [0.5, 0.6) is 0 Å². The van der Waals surface area contributed by atoms with E-state index in [9.17, 15) is 30.5 Å². The van der Waals surface area contributed by atoms with E-state index in [1.165, 1.54) is 6.42 Å². The SMILES string of the molecule is N#CC1CCCN1C(=O)CNC12CC3C[C@@H](C1)CC(OCCOCCn1cc(CNC[C@H](O)[C@@H](O)[C@H](O)[C@H](O)CO)nn1)(C3)C2. The van der Waals surface area contributed by atoms with E-state index >= 15 is 0 Å². The Bertz CT molecular complexity index is 1150. The van der Waals surface area contributed by atoms with Crippen molar-refractivity contribution in [1.82, 2.24) is 30.5 Å². The van der Waals surface area contributed by atoms with Gasteiger partial charge in [0.25, 0.3) is 0 Å². The first kappa shape index (κ1) is 34.1. The molecule has 6 rings (SSSR count). The first-order valence-electron chi connectivity index (χ1n) is 16.2. The molecule has 1 saturated heterocycles. The number of aliphatic hydroxyl groups is 5. The van der Waals surface area contributed by atoms with Crippen molar-refractivity contribution in [3.05, 3.63) is 11.9 Å². The molecule has 0 spiro atoms. The predicted molar refractivity (Wildman–Crippen MR) is 158 cm³/mol. The Balaban J connectivity index is 0.985. The summed E-state index contributed by atoms with van der Waals surface area (Å²) in [4.78, 5) is 14.6. The first-order valence-corrected chi connectivity index (χ1v) is 16.2. The van der Waals surface area contributed by atoms with Crippen LogP contribution in [0.2, 0.25) is 0 Å². The molecule has 1 aromatic rings. The van der Waals surface area contributed by atoms with Crippen molar-refractivity contribution in [1.29, 1.82) is 5.26 Å². The van der Waals surface area contributed by atoms with Crippen LogP contribution in [0.25, 0.3) is 0 Å². The minimum absolute atomic E-state index is 0.0279. The molecule has 5 fully saturated rings. The third-order valence-electron chi connectivity index (χ3n) is 10.0. The smallest absolute Gasteiger partial charge is 0.237 e. The standard InChI is InChI=1S/C30H49N7O8/c31-13-23-2-1-3-37(23)26(41)16-33-29-9-20-8-21(10-29)12-30(11-20,19-29)45-7-6-44-5-4-36-17-22(34-35-36)14-32-15-24(39)27(42)28(43)25(40)18-38/h17,20-21,23-25,27-28,32-33,38-40,42-43H,1-12,14-16,18-19H2/t20-,21?,23?,24-,25+,27+,28+,29?,30?/m0/s1. The van der Waals surface area contributed by atoms with Crippen LogP contribution in [0.1, 0.15) is 57.1 Å². The Hall–Kier alpha value is -2.26. The van der Waals surface area contributed by atoms with Crippen molar-refractivity contribution in [2.45, 2.75) is 106 Å². The zero-order valence-electron chi connectivity index (χ0n) is 25.8. The van der Waals surface area contributed by atoms with Crippen LogP contribution < -0.4 is 10.6 Å². The fraction of sp³-hybridized carbons (Fsp3) is 0.867. The van der Waals surface area contributed by atoms with Crippen LogP contribution in [-0.2, 0) is 27.4 Å². The summed E-state index contributed by atoms with van der Waals surface area (Å²) in [6.45, 7) is 2.31. The molecule has 4 unspecified atom stereocenters. The molecule has 5 aliphatic rings. The lowest BCUT2D eigenvalue weighted by molar-refractivity contribution is -0.182. The molecule has 1 aliphatic heterocycles. The van der Waals surface area contributed by atoms with Gasteiger partial charge in [0.05, 0.1) is 63.0 Å². The van der Waals surface area contributed by atoms with Crippen LogP contribution in [0.15, 0.2) is 6.20 Å². The Morgan fingerprint density at radius 2 is 1.87 bits per heavy atom. The Kier molecular flexibility index (Phi) is 11.4. The van der Waals surface area contributed by atoms with Gasteiger partial charge in [-0.3, -0.25) is 4.79 Å². The fourth-order valence-corrected chi connectivity index (χ4v) is 8.26. The Morgan fingerprint density at radius 3 is 2.60 bits per heavy atom. The van der Waals surface area contributed by atoms with Crippen LogP contribution >= 0.6 is 0 Å². The highest BCUT2D eigenvalue weighted by Gasteiger charge is 2.58. The van der Waals surface area contributed by atoms with E-state index in [1.54, 1.807) is 15.8 Å². The van der Waals surface area contributed by atoms with Crippen LogP contribution in [-0.4, -0.2) is 139 Å². The zero-order valence-corrected chi connectivity index (χ0v) is 25.8. The van der Waals surface area contributed by atoms with Crippen molar-refractivity contribution >= 4 is 5.91 Å². The summed E-state index contributed by atoms with van der Waals surface area (Å²) >= 11 is 0. The molecule has 7 N–H and O–H groups in total. The van der Waals surface area contributed by atoms with Gasteiger partial charge in [-0.05, 0) is 63.2 Å². The van der Waals surface area contributed by atoms with Gasteiger partial charge in [0, 0.05) is 31.4 Å². The fourth-order valence-electron chi connectivity index (χ4n) is 8.26. The number of nitriles is 1. The number of hydrogen-bond donors (Lipinski definition) is 7. The molecule has 0 aromatic carbocycles. The maximum atomic E-state index is 12.9. The van der Waals surface area contributed by atoms with Gasteiger partial charge >= 0.3 is 0 Å². The maximum absolute atomic E-state index is 12.9. The molecular weight excluding hydrogens is 586 g/mol. The molecular formula is C30H49N7O8. The van der Waals surface area contributed by atoms with Gasteiger partial charge in [-0.15, -0.1) is 5.10 Å². The molecule has 9 atom stereocenters. The summed E-state index contributed by atoms with van der Waals surface area (Å²) in [5, 5.41) is 72.0. The van der Waals surface area contributed by atoms with E-state index in [0.717, 1.165) is 44.9 Å². The number of nitrogens with zero attached hydrogens (tertiary/aromatic N) is 5. The average molecular weight is 636 g/mol. The molecule has 15 nitrogen and oxygen atoms in total. The average Bonchev–Trinajstić information content (AvgIpc) is 3.69. The molecule has 0 radical (unpaired) electrons. The second-order valence-electron chi connectivity index (χ2n) is 13.5. The number of aromatic nitrogens is 3. The third kappa shape index (κ3) is 8.37. The van der Waals surface area contributed by atoms with Gasteiger partial charge in [0.15, 0.2) is 0 Å². The molecule has 1 aromatic heterocycles. The number of rotatable bonds is 18.